The van der Waals surface area contributed by atoms with Crippen LogP contribution in [0.1, 0.15) is 58.4 Å². The number of hydrogen-bond donors (Lipinski definition) is 2. The number of Topliss-reactive ketones (excluding diaryl/α,β-unsaturated/α-hetero) is 1. The molecule has 134 valence electrons. The van der Waals surface area contributed by atoms with E-state index in [0.717, 1.165) is 18.9 Å². The van der Waals surface area contributed by atoms with Crippen LogP contribution in [0.2, 0.25) is 0 Å². The van der Waals surface area contributed by atoms with Gasteiger partial charge in [0, 0.05) is 28.8 Å². The van der Waals surface area contributed by atoms with Crippen LogP contribution in [0.4, 0.5) is 5.69 Å². The summed E-state index contributed by atoms with van der Waals surface area (Å²) in [6, 6.07) is 15.5. The molecule has 2 aliphatic rings. The molecule has 0 aromatic heterocycles. The monoisotopic (exact) mass is 348 g/mol. The maximum absolute atomic E-state index is 12.5. The Labute approximate surface area is 154 Å². The molecule has 1 amide bonds. The van der Waals surface area contributed by atoms with Gasteiger partial charge < -0.3 is 10.6 Å². The van der Waals surface area contributed by atoms with E-state index in [2.05, 4.69) is 16.7 Å². The number of ketones is 1. The summed E-state index contributed by atoms with van der Waals surface area (Å²) in [7, 11) is 0. The summed E-state index contributed by atoms with van der Waals surface area (Å²) in [6.07, 6.45) is 3.89. The van der Waals surface area contributed by atoms with E-state index in [4.69, 9.17) is 0 Å². The Morgan fingerprint density at radius 2 is 1.81 bits per heavy atom. The van der Waals surface area contributed by atoms with Crippen molar-refractivity contribution in [2.24, 2.45) is 5.92 Å². The Bertz CT molecular complexity index is 824. The van der Waals surface area contributed by atoms with E-state index in [1.807, 2.05) is 18.2 Å². The van der Waals surface area contributed by atoms with Gasteiger partial charge in [-0.05, 0) is 80.6 Å². The lowest BCUT2D eigenvalue weighted by Gasteiger charge is -2.08. The number of nitrogens with one attached hydrogen (secondary N) is 2. The van der Waals surface area contributed by atoms with Gasteiger partial charge >= 0.3 is 0 Å². The second kappa shape index (κ2) is 7.04. The lowest BCUT2D eigenvalue weighted by atomic mass is 10.1. The third-order valence-corrected chi connectivity index (χ3v) is 5.28. The summed E-state index contributed by atoms with van der Waals surface area (Å²) < 4.78 is 0. The maximum Gasteiger partial charge on any atom is 0.255 e. The minimum absolute atomic E-state index is 0.0184. The van der Waals surface area contributed by atoms with Crippen molar-refractivity contribution in [1.82, 2.24) is 5.32 Å². The van der Waals surface area contributed by atoms with E-state index < -0.39 is 0 Å². The molecular weight excluding hydrogens is 324 g/mol. The molecule has 0 heterocycles. The molecule has 2 aromatic carbocycles. The minimum Gasteiger partial charge on any atom is -0.322 e. The first kappa shape index (κ1) is 17.0. The van der Waals surface area contributed by atoms with Gasteiger partial charge in [0.15, 0.2) is 5.78 Å². The highest BCUT2D eigenvalue weighted by Gasteiger charge is 2.39. The van der Waals surface area contributed by atoms with Gasteiger partial charge in [-0.1, -0.05) is 12.1 Å². The molecule has 2 aliphatic carbocycles. The van der Waals surface area contributed by atoms with E-state index in [1.54, 1.807) is 24.3 Å². The summed E-state index contributed by atoms with van der Waals surface area (Å²) in [5.74, 6) is 1.31. The van der Waals surface area contributed by atoms with Crippen molar-refractivity contribution in [2.75, 3.05) is 11.9 Å². The van der Waals surface area contributed by atoms with E-state index in [9.17, 15) is 9.59 Å². The molecule has 26 heavy (non-hydrogen) atoms. The maximum atomic E-state index is 12.5. The van der Waals surface area contributed by atoms with Gasteiger partial charge in [0.25, 0.3) is 5.91 Å². The molecular formula is C22H24N2O2. The smallest absolute Gasteiger partial charge is 0.255 e. The fourth-order valence-electron chi connectivity index (χ4n) is 3.33. The zero-order chi connectivity index (χ0) is 18.1. The van der Waals surface area contributed by atoms with Crippen LogP contribution in [0.5, 0.6) is 0 Å². The van der Waals surface area contributed by atoms with Gasteiger partial charge in [0.05, 0.1) is 0 Å². The first-order valence-electron chi connectivity index (χ1n) is 9.36. The summed E-state index contributed by atoms with van der Waals surface area (Å²) >= 11 is 0. The molecule has 0 saturated heterocycles. The van der Waals surface area contributed by atoms with Gasteiger partial charge in [-0.3, -0.25) is 9.59 Å². The van der Waals surface area contributed by atoms with Crippen LogP contribution >= 0.6 is 0 Å². The molecule has 2 aromatic rings. The fraction of sp³-hybridized carbons (Fsp3) is 0.364. The number of hydrogen-bond acceptors (Lipinski definition) is 3. The molecule has 2 saturated carbocycles. The topological polar surface area (TPSA) is 58.2 Å². The molecule has 4 nitrogen and oxygen atoms in total. The van der Waals surface area contributed by atoms with Gasteiger partial charge in [-0.25, -0.2) is 0 Å². The number of benzene rings is 2. The number of carbonyl (C=O) groups is 2. The van der Waals surface area contributed by atoms with Crippen LogP contribution in [-0.4, -0.2) is 24.3 Å². The third kappa shape index (κ3) is 4.02. The largest absolute Gasteiger partial charge is 0.322 e. The number of amides is 1. The van der Waals surface area contributed by atoms with E-state index in [1.165, 1.54) is 25.3 Å². The summed E-state index contributed by atoms with van der Waals surface area (Å²) in [4.78, 5) is 23.9. The van der Waals surface area contributed by atoms with E-state index in [0.29, 0.717) is 28.8 Å². The number of rotatable bonds is 7. The summed E-state index contributed by atoms with van der Waals surface area (Å²) in [5, 5.41) is 6.55. The van der Waals surface area contributed by atoms with E-state index >= 15 is 0 Å². The normalized spacial score (nSPS) is 21.3. The highest BCUT2D eigenvalue weighted by Crippen LogP contribution is 2.41. The molecule has 4 heteroatoms. The highest BCUT2D eigenvalue weighted by atomic mass is 16.1. The Morgan fingerprint density at radius 1 is 1.04 bits per heavy atom. The van der Waals surface area contributed by atoms with Crippen LogP contribution in [0.25, 0.3) is 0 Å². The van der Waals surface area contributed by atoms with Gasteiger partial charge in [0.1, 0.15) is 0 Å². The predicted molar refractivity (Wildman–Crippen MR) is 103 cm³/mol. The quantitative estimate of drug-likeness (QED) is 0.744. The second-order valence-corrected chi connectivity index (χ2v) is 7.51. The Hall–Kier alpha value is -2.46. The summed E-state index contributed by atoms with van der Waals surface area (Å²) in [6.45, 7) is 2.67. The van der Waals surface area contributed by atoms with Crippen LogP contribution in [0, 0.1) is 5.92 Å². The van der Waals surface area contributed by atoms with Crippen molar-refractivity contribution >= 4 is 17.4 Å². The zero-order valence-electron chi connectivity index (χ0n) is 15.0. The van der Waals surface area contributed by atoms with Crippen molar-refractivity contribution in [3.8, 4) is 0 Å². The van der Waals surface area contributed by atoms with Gasteiger partial charge in [-0.15, -0.1) is 0 Å². The van der Waals surface area contributed by atoms with E-state index in [-0.39, 0.29) is 11.7 Å². The van der Waals surface area contributed by atoms with Crippen LogP contribution < -0.4 is 10.6 Å². The fourth-order valence-corrected chi connectivity index (χ4v) is 3.33. The lowest BCUT2D eigenvalue weighted by molar-refractivity contribution is 0.101. The number of carbonyl (C=O) groups excluding carboxylic acids is 2. The molecule has 2 unspecified atom stereocenters. The Kier molecular flexibility index (Phi) is 4.60. The standard InChI is InChI=1S/C22H24N2O2/c1-14(25)16-7-9-19(10-8-16)24-22(26)18-4-2-3-17(11-18)20-12-21(20)23-13-15-5-6-15/h2-4,7-11,15,20-21,23H,5-6,12-13H2,1H3,(H,24,26). The van der Waals surface area contributed by atoms with Gasteiger partial charge in [-0.2, -0.15) is 0 Å². The first-order chi connectivity index (χ1) is 12.6. The minimum atomic E-state index is -0.120. The third-order valence-electron chi connectivity index (χ3n) is 5.28. The van der Waals surface area contributed by atoms with Crippen molar-refractivity contribution < 1.29 is 9.59 Å². The number of anilines is 1. The molecule has 0 bridgehead atoms. The molecule has 0 radical (unpaired) electrons. The van der Waals surface area contributed by atoms with Crippen LogP contribution in [0.15, 0.2) is 48.5 Å². The molecule has 2 atom stereocenters. The Morgan fingerprint density at radius 3 is 2.50 bits per heavy atom. The average molecular weight is 348 g/mol. The SMILES string of the molecule is CC(=O)c1ccc(NC(=O)c2cccc(C3CC3NCC3CC3)c2)cc1. The Balaban J connectivity index is 1.38. The van der Waals surface area contributed by atoms with Crippen molar-refractivity contribution in [2.45, 2.75) is 38.1 Å². The van der Waals surface area contributed by atoms with Gasteiger partial charge in [0.2, 0.25) is 0 Å². The molecule has 0 spiro atoms. The lowest BCUT2D eigenvalue weighted by Crippen LogP contribution is -2.20. The average Bonchev–Trinajstić information content (AvgIpc) is 3.55. The van der Waals surface area contributed by atoms with Crippen molar-refractivity contribution in [3.63, 3.8) is 0 Å². The second-order valence-electron chi connectivity index (χ2n) is 7.51. The molecule has 0 aliphatic heterocycles. The van der Waals surface area contributed by atoms with Crippen molar-refractivity contribution in [1.29, 1.82) is 0 Å². The molecule has 2 fully saturated rings. The predicted octanol–water partition coefficient (Wildman–Crippen LogP) is 4.00. The molecule has 4 rings (SSSR count). The first-order valence-corrected chi connectivity index (χ1v) is 9.36. The van der Waals surface area contributed by atoms with Crippen LogP contribution in [-0.2, 0) is 0 Å². The zero-order valence-corrected chi connectivity index (χ0v) is 15.0. The van der Waals surface area contributed by atoms with Crippen LogP contribution in [0.3, 0.4) is 0 Å². The molecule has 2 N–H and O–H groups in total. The highest BCUT2D eigenvalue weighted by molar-refractivity contribution is 6.04. The van der Waals surface area contributed by atoms with Crippen molar-refractivity contribution in [3.05, 3.63) is 65.2 Å². The summed E-state index contributed by atoms with van der Waals surface area (Å²) in [5.41, 5.74) is 3.24.